The number of carbonyl (C=O) groups is 1. The van der Waals surface area contributed by atoms with Gasteiger partial charge in [-0.15, -0.1) is 0 Å². The number of hydrogen-bond acceptors (Lipinski definition) is 6. The fraction of sp³-hybridized carbons (Fsp3) is 0.111. The monoisotopic (exact) mass is 443 g/mol. The molecule has 0 aliphatic carbocycles. The Bertz CT molecular complexity index is 1040. The largest absolute Gasteiger partial charge is 0.462 e. The molecule has 27 heavy (non-hydrogen) atoms. The number of aliphatic imine (C=N–C) groups is 1. The number of halogens is 1. The van der Waals surface area contributed by atoms with Crippen molar-refractivity contribution in [3.05, 3.63) is 58.0 Å². The maximum Gasteiger partial charge on any atom is 0.283 e. The fourth-order valence-corrected chi connectivity index (χ4v) is 4.24. The summed E-state index contributed by atoms with van der Waals surface area (Å²) in [6.07, 6.45) is 3.20. The van der Waals surface area contributed by atoms with E-state index in [4.69, 9.17) is 9.83 Å². The van der Waals surface area contributed by atoms with E-state index in [1.54, 1.807) is 24.5 Å². The molecule has 0 bridgehead atoms. The van der Waals surface area contributed by atoms with E-state index in [9.17, 15) is 4.79 Å². The molecule has 2 aromatic rings. The van der Waals surface area contributed by atoms with E-state index in [2.05, 4.69) is 26.0 Å². The van der Waals surface area contributed by atoms with Gasteiger partial charge in [-0.3, -0.25) is 10.2 Å². The minimum atomic E-state index is -0.456. The van der Waals surface area contributed by atoms with Crippen LogP contribution in [0.25, 0.3) is 6.08 Å². The second kappa shape index (κ2) is 6.82. The van der Waals surface area contributed by atoms with Gasteiger partial charge in [0.1, 0.15) is 0 Å². The molecule has 0 saturated carbocycles. The van der Waals surface area contributed by atoms with Crippen molar-refractivity contribution in [1.82, 2.24) is 5.01 Å². The number of thioether (sulfide) groups is 1. The zero-order valence-corrected chi connectivity index (χ0v) is 16.8. The van der Waals surface area contributed by atoms with E-state index >= 15 is 0 Å². The van der Waals surface area contributed by atoms with Crippen molar-refractivity contribution in [3.63, 3.8) is 0 Å². The molecule has 1 aromatic heterocycles. The fourth-order valence-electron chi connectivity index (χ4n) is 2.63. The van der Waals surface area contributed by atoms with Crippen molar-refractivity contribution in [3.8, 4) is 0 Å². The Balaban J connectivity index is 1.68. The van der Waals surface area contributed by atoms with E-state index in [0.29, 0.717) is 16.0 Å². The number of hydrogen-bond donors (Lipinski definition) is 1. The number of rotatable bonds is 3. The third kappa shape index (κ3) is 3.24. The number of amidine groups is 2. The Labute approximate surface area is 168 Å². The lowest BCUT2D eigenvalue weighted by atomic mass is 10.1. The Kier molecular flexibility index (Phi) is 4.48. The third-order valence-electron chi connectivity index (χ3n) is 3.95. The van der Waals surface area contributed by atoms with Crippen molar-refractivity contribution in [2.75, 3.05) is 19.0 Å². The average Bonchev–Trinajstić information content (AvgIpc) is 3.27. The van der Waals surface area contributed by atoms with Gasteiger partial charge in [0, 0.05) is 18.6 Å². The van der Waals surface area contributed by atoms with Gasteiger partial charge in [-0.25, -0.2) is 0 Å². The summed E-state index contributed by atoms with van der Waals surface area (Å²) in [6.45, 7) is 0. The standard InChI is InChI=1S/C18H14BrN5O2S/c1-23(2)13-6-5-10(9-12(13)19)8-11-15(20)24-18(21-16(11)25)27-17(22-24)14-4-3-7-26-14/h3-9,20H,1-2H3/b11-8-,20-15?. The number of fused-ring (bicyclic) bond motifs is 1. The van der Waals surface area contributed by atoms with Crippen LogP contribution < -0.4 is 4.90 Å². The first-order valence-electron chi connectivity index (χ1n) is 7.95. The maximum absolute atomic E-state index is 12.5. The number of anilines is 1. The normalized spacial score (nSPS) is 17.9. The van der Waals surface area contributed by atoms with E-state index < -0.39 is 5.91 Å². The molecule has 7 nitrogen and oxygen atoms in total. The van der Waals surface area contributed by atoms with Crippen LogP contribution >= 0.6 is 27.7 Å². The van der Waals surface area contributed by atoms with Crippen LogP contribution in [-0.4, -0.2) is 41.1 Å². The minimum Gasteiger partial charge on any atom is -0.462 e. The molecule has 9 heteroatoms. The zero-order valence-electron chi connectivity index (χ0n) is 14.4. The third-order valence-corrected chi connectivity index (χ3v) is 5.51. The highest BCUT2D eigenvalue weighted by Crippen LogP contribution is 2.32. The van der Waals surface area contributed by atoms with Gasteiger partial charge in [0.15, 0.2) is 16.6 Å². The van der Waals surface area contributed by atoms with Gasteiger partial charge < -0.3 is 9.32 Å². The summed E-state index contributed by atoms with van der Waals surface area (Å²) in [4.78, 5) is 18.5. The average molecular weight is 444 g/mol. The quantitative estimate of drug-likeness (QED) is 0.729. The molecule has 4 rings (SSSR count). The van der Waals surface area contributed by atoms with Gasteiger partial charge in [-0.05, 0) is 63.6 Å². The second-order valence-electron chi connectivity index (χ2n) is 6.01. The lowest BCUT2D eigenvalue weighted by molar-refractivity contribution is -0.114. The first kappa shape index (κ1) is 17.7. The highest BCUT2D eigenvalue weighted by Gasteiger charge is 2.36. The van der Waals surface area contributed by atoms with Crippen molar-refractivity contribution in [2.45, 2.75) is 0 Å². The van der Waals surface area contributed by atoms with Crippen LogP contribution in [0.4, 0.5) is 5.69 Å². The minimum absolute atomic E-state index is 0.00753. The number of nitrogens with one attached hydrogen (secondary N) is 1. The Hall–Kier alpha value is -2.65. The molecule has 136 valence electrons. The highest BCUT2D eigenvalue weighted by molar-refractivity contribution is 9.10. The lowest BCUT2D eigenvalue weighted by Gasteiger charge is -2.20. The summed E-state index contributed by atoms with van der Waals surface area (Å²) >= 11 is 4.74. The van der Waals surface area contributed by atoms with Gasteiger partial charge in [0.2, 0.25) is 5.17 Å². The van der Waals surface area contributed by atoms with Crippen molar-refractivity contribution >= 4 is 61.4 Å². The lowest BCUT2D eigenvalue weighted by Crippen LogP contribution is -2.35. The second-order valence-corrected chi connectivity index (χ2v) is 7.82. The van der Waals surface area contributed by atoms with Gasteiger partial charge >= 0.3 is 0 Å². The van der Waals surface area contributed by atoms with Crippen LogP contribution in [0.3, 0.4) is 0 Å². The summed E-state index contributed by atoms with van der Waals surface area (Å²) in [7, 11) is 3.91. The molecule has 0 radical (unpaired) electrons. The molecular weight excluding hydrogens is 430 g/mol. The van der Waals surface area contributed by atoms with Gasteiger partial charge in [0.25, 0.3) is 5.91 Å². The Morgan fingerprint density at radius 3 is 2.81 bits per heavy atom. The molecule has 0 atom stereocenters. The first-order chi connectivity index (χ1) is 12.9. The summed E-state index contributed by atoms with van der Waals surface area (Å²) in [5.41, 5.74) is 2.00. The molecule has 0 unspecified atom stereocenters. The number of benzene rings is 1. The number of amides is 1. The molecule has 0 fully saturated rings. The molecule has 1 amide bonds. The Morgan fingerprint density at radius 1 is 1.33 bits per heavy atom. The number of carbonyl (C=O) groups excluding carboxylic acids is 1. The maximum atomic E-state index is 12.5. The number of furan rings is 1. The van der Waals surface area contributed by atoms with Crippen molar-refractivity contribution in [2.24, 2.45) is 10.1 Å². The highest BCUT2D eigenvalue weighted by atomic mass is 79.9. The predicted octanol–water partition coefficient (Wildman–Crippen LogP) is 3.78. The van der Waals surface area contributed by atoms with Crippen LogP contribution in [0, 0.1) is 5.41 Å². The van der Waals surface area contributed by atoms with Crippen LogP contribution in [0.5, 0.6) is 0 Å². The molecule has 2 aliphatic rings. The van der Waals surface area contributed by atoms with Gasteiger partial charge in [0.05, 0.1) is 17.5 Å². The predicted molar refractivity (Wildman–Crippen MR) is 111 cm³/mol. The van der Waals surface area contributed by atoms with E-state index in [-0.39, 0.29) is 11.4 Å². The van der Waals surface area contributed by atoms with E-state index in [1.807, 2.05) is 37.2 Å². The summed E-state index contributed by atoms with van der Waals surface area (Å²) in [5, 5.41) is 15.1. The van der Waals surface area contributed by atoms with Crippen LogP contribution in [0.15, 0.2) is 61.2 Å². The molecule has 0 spiro atoms. The molecule has 1 aromatic carbocycles. The van der Waals surface area contributed by atoms with Gasteiger partial charge in [-0.2, -0.15) is 15.1 Å². The SMILES string of the molecule is CN(C)c1ccc(/C=C2/C(=N)N3N=C(c4ccco4)SC3=NC2=O)cc1Br. The summed E-state index contributed by atoms with van der Waals surface area (Å²) in [5.74, 6) is 0.111. The summed E-state index contributed by atoms with van der Waals surface area (Å²) in [6, 6.07) is 9.27. The number of hydrazone groups is 1. The van der Waals surface area contributed by atoms with Crippen LogP contribution in [-0.2, 0) is 4.79 Å². The molecule has 2 aliphatic heterocycles. The van der Waals surface area contributed by atoms with Crippen LogP contribution in [0.2, 0.25) is 0 Å². The molecule has 3 heterocycles. The topological polar surface area (TPSA) is 85.3 Å². The molecule has 0 saturated heterocycles. The van der Waals surface area contributed by atoms with E-state index in [1.165, 1.54) is 16.8 Å². The zero-order chi connectivity index (χ0) is 19.1. The smallest absolute Gasteiger partial charge is 0.283 e. The first-order valence-corrected chi connectivity index (χ1v) is 9.56. The van der Waals surface area contributed by atoms with Crippen LogP contribution in [0.1, 0.15) is 11.3 Å². The van der Waals surface area contributed by atoms with Crippen molar-refractivity contribution in [1.29, 1.82) is 5.41 Å². The molecular formula is C18H14BrN5O2S. The van der Waals surface area contributed by atoms with E-state index in [0.717, 1.165) is 15.7 Å². The van der Waals surface area contributed by atoms with Gasteiger partial charge in [-0.1, -0.05) is 6.07 Å². The molecule has 1 N–H and O–H groups in total. The van der Waals surface area contributed by atoms with Crippen molar-refractivity contribution < 1.29 is 9.21 Å². The Morgan fingerprint density at radius 2 is 2.15 bits per heavy atom. The number of nitrogens with zero attached hydrogens (tertiary/aromatic N) is 4. The summed E-state index contributed by atoms with van der Waals surface area (Å²) < 4.78 is 6.24.